The van der Waals surface area contributed by atoms with Crippen LogP contribution in [0.1, 0.15) is 42.4 Å². The molecule has 0 aromatic heterocycles. The molecule has 1 saturated carbocycles. The van der Waals surface area contributed by atoms with E-state index in [1.54, 1.807) is 0 Å². The highest BCUT2D eigenvalue weighted by molar-refractivity contribution is 5.86. The van der Waals surface area contributed by atoms with Gasteiger partial charge < -0.3 is 4.90 Å². The van der Waals surface area contributed by atoms with Crippen molar-refractivity contribution in [2.45, 2.75) is 38.0 Å². The average molecular weight is 325 g/mol. The van der Waals surface area contributed by atoms with Crippen LogP contribution in [0.15, 0.2) is 72.8 Å². The van der Waals surface area contributed by atoms with E-state index in [1.165, 1.54) is 59.4 Å². The van der Waals surface area contributed by atoms with Crippen LogP contribution in [0.4, 0.5) is 17.1 Å². The third-order valence-electron chi connectivity index (χ3n) is 6.04. The number of rotatable bonds is 1. The van der Waals surface area contributed by atoms with E-state index >= 15 is 0 Å². The monoisotopic (exact) mass is 325 g/mol. The summed E-state index contributed by atoms with van der Waals surface area (Å²) in [5.41, 5.74) is 8.51. The van der Waals surface area contributed by atoms with Gasteiger partial charge in [0.1, 0.15) is 0 Å². The summed E-state index contributed by atoms with van der Waals surface area (Å²) >= 11 is 0. The lowest BCUT2D eigenvalue weighted by Gasteiger charge is -2.44. The first-order chi connectivity index (χ1) is 12.3. The van der Waals surface area contributed by atoms with Gasteiger partial charge >= 0.3 is 0 Å². The van der Waals surface area contributed by atoms with Crippen LogP contribution in [0, 0.1) is 6.92 Å². The van der Waals surface area contributed by atoms with E-state index < -0.39 is 0 Å². The van der Waals surface area contributed by atoms with Crippen LogP contribution in [-0.4, -0.2) is 0 Å². The van der Waals surface area contributed by atoms with Gasteiger partial charge in [-0.25, -0.2) is 0 Å². The van der Waals surface area contributed by atoms with Crippen molar-refractivity contribution in [3.8, 4) is 0 Å². The third-order valence-corrected chi connectivity index (χ3v) is 6.04. The number of fused-ring (bicyclic) bond motifs is 4. The fraction of sp³-hybridized carbons (Fsp3) is 0.250. The summed E-state index contributed by atoms with van der Waals surface area (Å²) in [4.78, 5) is 2.46. The molecule has 0 amide bonds. The van der Waals surface area contributed by atoms with Crippen molar-refractivity contribution in [3.05, 3.63) is 89.5 Å². The van der Waals surface area contributed by atoms with Gasteiger partial charge in [0.2, 0.25) is 0 Å². The Bertz CT molecular complexity index is 920. The summed E-state index contributed by atoms with van der Waals surface area (Å²) in [6.07, 6.45) is 5.19. The lowest BCUT2D eigenvalue weighted by molar-refractivity contribution is 0.530. The number of para-hydroxylation sites is 2. The van der Waals surface area contributed by atoms with Crippen molar-refractivity contribution in [1.29, 1.82) is 0 Å². The highest BCUT2D eigenvalue weighted by atomic mass is 15.2. The summed E-state index contributed by atoms with van der Waals surface area (Å²) in [6, 6.07) is 26.9. The standard InChI is InChI=1S/C24H23N/c1-18-13-14-21-23(17-18)25(19-9-3-2-4-10-19)22-12-6-5-11-20(22)24(21)15-7-8-16-24/h2-6,9-14,17H,7-8,15-16H2,1H3. The van der Waals surface area contributed by atoms with Crippen LogP contribution >= 0.6 is 0 Å². The van der Waals surface area contributed by atoms with Gasteiger partial charge in [-0.1, -0.05) is 61.4 Å². The zero-order valence-corrected chi connectivity index (χ0v) is 14.7. The van der Waals surface area contributed by atoms with Gasteiger partial charge in [-0.3, -0.25) is 0 Å². The van der Waals surface area contributed by atoms with E-state index in [9.17, 15) is 0 Å². The van der Waals surface area contributed by atoms with E-state index in [0.717, 1.165) is 0 Å². The van der Waals surface area contributed by atoms with Crippen LogP contribution in [-0.2, 0) is 5.41 Å². The highest BCUT2D eigenvalue weighted by Crippen LogP contribution is 2.58. The fourth-order valence-electron chi connectivity index (χ4n) is 4.95. The minimum atomic E-state index is 0.199. The number of hydrogen-bond acceptors (Lipinski definition) is 1. The molecule has 3 aromatic carbocycles. The molecule has 0 bridgehead atoms. The van der Waals surface area contributed by atoms with Gasteiger partial charge in [-0.15, -0.1) is 0 Å². The molecule has 1 fully saturated rings. The molecular weight excluding hydrogens is 302 g/mol. The normalized spacial score (nSPS) is 17.4. The van der Waals surface area contributed by atoms with Crippen molar-refractivity contribution < 1.29 is 0 Å². The Morgan fingerprint density at radius 3 is 2.20 bits per heavy atom. The fourth-order valence-corrected chi connectivity index (χ4v) is 4.95. The van der Waals surface area contributed by atoms with Gasteiger partial charge in [0.15, 0.2) is 0 Å². The van der Waals surface area contributed by atoms with Gasteiger partial charge in [0, 0.05) is 11.1 Å². The third kappa shape index (κ3) is 2.08. The zero-order valence-electron chi connectivity index (χ0n) is 14.7. The lowest BCUT2D eigenvalue weighted by Crippen LogP contribution is -2.33. The van der Waals surface area contributed by atoms with Gasteiger partial charge in [0.05, 0.1) is 11.4 Å². The maximum absolute atomic E-state index is 2.46. The molecule has 0 atom stereocenters. The molecule has 0 unspecified atom stereocenters. The van der Waals surface area contributed by atoms with Crippen molar-refractivity contribution >= 4 is 17.1 Å². The van der Waals surface area contributed by atoms with Crippen molar-refractivity contribution in [1.82, 2.24) is 0 Å². The summed E-state index contributed by atoms with van der Waals surface area (Å²) in [5.74, 6) is 0. The number of benzene rings is 3. The molecule has 1 aliphatic heterocycles. The maximum atomic E-state index is 2.46. The molecule has 1 spiro atoms. The molecule has 1 aliphatic carbocycles. The number of hydrogen-bond donors (Lipinski definition) is 0. The Hall–Kier alpha value is -2.54. The van der Waals surface area contributed by atoms with E-state index in [1.807, 2.05) is 0 Å². The first kappa shape index (κ1) is 14.8. The van der Waals surface area contributed by atoms with Crippen LogP contribution < -0.4 is 4.90 Å². The molecule has 1 nitrogen and oxygen atoms in total. The maximum Gasteiger partial charge on any atom is 0.0505 e. The minimum Gasteiger partial charge on any atom is -0.310 e. The number of anilines is 3. The van der Waals surface area contributed by atoms with E-state index in [4.69, 9.17) is 0 Å². The number of nitrogens with zero attached hydrogens (tertiary/aromatic N) is 1. The van der Waals surface area contributed by atoms with Crippen molar-refractivity contribution in [2.75, 3.05) is 4.90 Å². The predicted octanol–water partition coefficient (Wildman–Crippen LogP) is 6.64. The molecule has 1 heteroatoms. The van der Waals surface area contributed by atoms with Crippen molar-refractivity contribution in [2.24, 2.45) is 0 Å². The SMILES string of the molecule is Cc1ccc2c(c1)N(c1ccccc1)c1ccccc1C21CCCC1. The number of aryl methyl sites for hydroxylation is 1. The quantitative estimate of drug-likeness (QED) is 0.485. The van der Waals surface area contributed by atoms with Crippen LogP contribution in [0.25, 0.3) is 0 Å². The summed E-state index contributed by atoms with van der Waals surface area (Å²) in [6.45, 7) is 2.20. The predicted molar refractivity (Wildman–Crippen MR) is 105 cm³/mol. The molecular formula is C24H23N. The highest BCUT2D eigenvalue weighted by Gasteiger charge is 2.45. The topological polar surface area (TPSA) is 3.24 Å². The molecule has 0 saturated heterocycles. The van der Waals surface area contributed by atoms with Gasteiger partial charge in [-0.05, 0) is 60.7 Å². The average Bonchev–Trinajstić information content (AvgIpc) is 3.13. The van der Waals surface area contributed by atoms with Gasteiger partial charge in [0.25, 0.3) is 0 Å². The molecule has 1 heterocycles. The van der Waals surface area contributed by atoms with Gasteiger partial charge in [-0.2, -0.15) is 0 Å². The van der Waals surface area contributed by atoms with Crippen LogP contribution in [0.3, 0.4) is 0 Å². The lowest BCUT2D eigenvalue weighted by atomic mass is 9.69. The molecule has 124 valence electrons. The Morgan fingerprint density at radius 1 is 0.720 bits per heavy atom. The molecule has 3 aromatic rings. The second kappa shape index (κ2) is 5.49. The van der Waals surface area contributed by atoms with Crippen LogP contribution in [0.5, 0.6) is 0 Å². The first-order valence-corrected chi connectivity index (χ1v) is 9.35. The second-order valence-corrected chi connectivity index (χ2v) is 7.50. The molecule has 2 aliphatic rings. The molecule has 0 N–H and O–H groups in total. The van der Waals surface area contributed by atoms with Crippen molar-refractivity contribution in [3.63, 3.8) is 0 Å². The van der Waals surface area contributed by atoms with E-state index in [2.05, 4.69) is 84.6 Å². The van der Waals surface area contributed by atoms with E-state index in [-0.39, 0.29) is 5.41 Å². The zero-order chi connectivity index (χ0) is 16.9. The Balaban J connectivity index is 1.85. The van der Waals surface area contributed by atoms with Crippen LogP contribution in [0.2, 0.25) is 0 Å². The largest absolute Gasteiger partial charge is 0.310 e. The summed E-state index contributed by atoms with van der Waals surface area (Å²) < 4.78 is 0. The summed E-state index contributed by atoms with van der Waals surface area (Å²) in [7, 11) is 0. The Kier molecular flexibility index (Phi) is 3.24. The smallest absolute Gasteiger partial charge is 0.0505 e. The first-order valence-electron chi connectivity index (χ1n) is 9.35. The minimum absolute atomic E-state index is 0.199. The second-order valence-electron chi connectivity index (χ2n) is 7.50. The Labute approximate surface area is 149 Å². The Morgan fingerprint density at radius 2 is 1.40 bits per heavy atom. The van der Waals surface area contributed by atoms with E-state index in [0.29, 0.717) is 0 Å². The summed E-state index contributed by atoms with van der Waals surface area (Å²) in [5, 5.41) is 0. The molecule has 5 rings (SSSR count). The molecule has 25 heavy (non-hydrogen) atoms. The molecule has 0 radical (unpaired) electrons.